The zero-order chi connectivity index (χ0) is 15.0. The molecule has 1 aromatic carbocycles. The molecule has 1 saturated heterocycles. The standard InChI is InChI=1S/C16H21N3O2/c1-18(2)14-5-3-4-11(8-14)16(21)17-12-9-15(20)19(10-12)13-6-7-13/h3-5,8,12-13H,6-7,9-10H2,1-2H3,(H,17,21). The maximum absolute atomic E-state index is 12.3. The molecule has 0 radical (unpaired) electrons. The molecule has 2 aliphatic rings. The second-order valence-corrected chi connectivity index (χ2v) is 6.10. The number of carbonyl (C=O) groups is 2. The highest BCUT2D eigenvalue weighted by molar-refractivity contribution is 5.96. The Labute approximate surface area is 124 Å². The Morgan fingerprint density at radius 3 is 2.76 bits per heavy atom. The largest absolute Gasteiger partial charge is 0.378 e. The normalized spacial score (nSPS) is 21.5. The number of amides is 2. The molecule has 5 nitrogen and oxygen atoms in total. The quantitative estimate of drug-likeness (QED) is 0.906. The Bertz CT molecular complexity index is 566. The van der Waals surface area contributed by atoms with Gasteiger partial charge in [-0.25, -0.2) is 0 Å². The van der Waals surface area contributed by atoms with E-state index >= 15 is 0 Å². The minimum atomic E-state index is -0.103. The number of likely N-dealkylation sites (tertiary alicyclic amines) is 1. The summed E-state index contributed by atoms with van der Waals surface area (Å²) >= 11 is 0. The lowest BCUT2D eigenvalue weighted by Gasteiger charge is -2.17. The fourth-order valence-corrected chi connectivity index (χ4v) is 2.76. The van der Waals surface area contributed by atoms with Crippen molar-refractivity contribution in [3.05, 3.63) is 29.8 Å². The third-order valence-corrected chi connectivity index (χ3v) is 4.11. The third-order valence-electron chi connectivity index (χ3n) is 4.11. The Hall–Kier alpha value is -2.04. The van der Waals surface area contributed by atoms with Crippen LogP contribution < -0.4 is 10.2 Å². The highest BCUT2D eigenvalue weighted by Crippen LogP contribution is 2.30. The highest BCUT2D eigenvalue weighted by Gasteiger charge is 2.39. The first-order valence-electron chi connectivity index (χ1n) is 7.42. The number of rotatable bonds is 4. The van der Waals surface area contributed by atoms with Crippen LogP contribution >= 0.6 is 0 Å². The van der Waals surface area contributed by atoms with Crippen molar-refractivity contribution in [3.8, 4) is 0 Å². The monoisotopic (exact) mass is 287 g/mol. The zero-order valence-corrected chi connectivity index (χ0v) is 12.5. The van der Waals surface area contributed by atoms with Crippen LogP contribution in [-0.4, -0.2) is 49.4 Å². The van der Waals surface area contributed by atoms with Crippen LogP contribution in [0, 0.1) is 0 Å². The van der Waals surface area contributed by atoms with Crippen LogP contribution in [0.15, 0.2) is 24.3 Å². The van der Waals surface area contributed by atoms with Crippen LogP contribution in [0.5, 0.6) is 0 Å². The Kier molecular flexibility index (Phi) is 3.57. The molecule has 1 unspecified atom stereocenters. The lowest BCUT2D eigenvalue weighted by molar-refractivity contribution is -0.128. The van der Waals surface area contributed by atoms with Gasteiger partial charge in [0.2, 0.25) is 5.91 Å². The van der Waals surface area contributed by atoms with Crippen molar-refractivity contribution in [1.29, 1.82) is 0 Å². The van der Waals surface area contributed by atoms with E-state index in [-0.39, 0.29) is 17.9 Å². The molecule has 1 N–H and O–H groups in total. The van der Waals surface area contributed by atoms with Crippen molar-refractivity contribution in [2.24, 2.45) is 0 Å². The number of nitrogens with zero attached hydrogens (tertiary/aromatic N) is 2. The molecule has 5 heteroatoms. The smallest absolute Gasteiger partial charge is 0.251 e. The number of nitrogens with one attached hydrogen (secondary N) is 1. The van der Waals surface area contributed by atoms with Gasteiger partial charge < -0.3 is 15.1 Å². The predicted octanol–water partition coefficient (Wildman–Crippen LogP) is 1.25. The van der Waals surface area contributed by atoms with Crippen molar-refractivity contribution in [2.45, 2.75) is 31.3 Å². The van der Waals surface area contributed by atoms with Gasteiger partial charge in [-0.3, -0.25) is 9.59 Å². The van der Waals surface area contributed by atoms with E-state index in [1.54, 1.807) is 6.07 Å². The van der Waals surface area contributed by atoms with Crippen LogP contribution in [0.1, 0.15) is 29.6 Å². The van der Waals surface area contributed by atoms with Gasteiger partial charge in [-0.15, -0.1) is 0 Å². The van der Waals surface area contributed by atoms with E-state index in [2.05, 4.69) is 5.32 Å². The molecule has 1 aromatic rings. The summed E-state index contributed by atoms with van der Waals surface area (Å²) < 4.78 is 0. The first kappa shape index (κ1) is 13.9. The van der Waals surface area contributed by atoms with Crippen molar-refractivity contribution < 1.29 is 9.59 Å². The molecule has 3 rings (SSSR count). The van der Waals surface area contributed by atoms with Gasteiger partial charge in [0.05, 0.1) is 6.04 Å². The second-order valence-electron chi connectivity index (χ2n) is 6.10. The molecule has 1 aliphatic carbocycles. The summed E-state index contributed by atoms with van der Waals surface area (Å²) in [6.07, 6.45) is 2.64. The Morgan fingerprint density at radius 2 is 2.10 bits per heavy atom. The van der Waals surface area contributed by atoms with Gasteiger partial charge >= 0.3 is 0 Å². The maximum atomic E-state index is 12.3. The average Bonchev–Trinajstić information content (AvgIpc) is 3.23. The van der Waals surface area contributed by atoms with Gasteiger partial charge in [0.25, 0.3) is 5.91 Å². The van der Waals surface area contributed by atoms with E-state index in [9.17, 15) is 9.59 Å². The van der Waals surface area contributed by atoms with Crippen molar-refractivity contribution in [1.82, 2.24) is 10.2 Å². The lowest BCUT2D eigenvalue weighted by atomic mass is 10.1. The molecule has 0 bridgehead atoms. The Balaban J connectivity index is 1.64. The van der Waals surface area contributed by atoms with Gasteiger partial charge in [-0.05, 0) is 31.0 Å². The summed E-state index contributed by atoms with van der Waals surface area (Å²) in [5.74, 6) is 0.0685. The molecule has 1 atom stereocenters. The molecule has 1 aliphatic heterocycles. The SMILES string of the molecule is CN(C)c1cccc(C(=O)NC2CC(=O)N(C3CC3)C2)c1. The first-order chi connectivity index (χ1) is 10.0. The van der Waals surface area contributed by atoms with Crippen molar-refractivity contribution >= 4 is 17.5 Å². The van der Waals surface area contributed by atoms with Crippen LogP contribution in [0.2, 0.25) is 0 Å². The zero-order valence-electron chi connectivity index (χ0n) is 12.5. The van der Waals surface area contributed by atoms with E-state index in [4.69, 9.17) is 0 Å². The van der Waals surface area contributed by atoms with Gasteiger partial charge in [0.1, 0.15) is 0 Å². The summed E-state index contributed by atoms with van der Waals surface area (Å²) in [6.45, 7) is 0.655. The van der Waals surface area contributed by atoms with Gasteiger partial charge in [-0.1, -0.05) is 6.07 Å². The second kappa shape index (κ2) is 5.39. The number of hydrogen-bond donors (Lipinski definition) is 1. The number of anilines is 1. The van der Waals surface area contributed by atoms with E-state index in [0.29, 0.717) is 24.6 Å². The molecule has 1 heterocycles. The topological polar surface area (TPSA) is 52.7 Å². The number of benzene rings is 1. The summed E-state index contributed by atoms with van der Waals surface area (Å²) in [5.41, 5.74) is 1.63. The van der Waals surface area contributed by atoms with Gasteiger partial charge in [0, 0.05) is 44.4 Å². The summed E-state index contributed by atoms with van der Waals surface area (Å²) in [5, 5.41) is 2.98. The highest BCUT2D eigenvalue weighted by atomic mass is 16.2. The number of hydrogen-bond acceptors (Lipinski definition) is 3. The average molecular weight is 287 g/mol. The molecular weight excluding hydrogens is 266 g/mol. The van der Waals surface area contributed by atoms with Crippen molar-refractivity contribution in [2.75, 3.05) is 25.5 Å². The summed E-state index contributed by atoms with van der Waals surface area (Å²) in [7, 11) is 3.89. The lowest BCUT2D eigenvalue weighted by Crippen LogP contribution is -2.37. The van der Waals surface area contributed by atoms with Crippen LogP contribution in [0.3, 0.4) is 0 Å². The van der Waals surface area contributed by atoms with Crippen LogP contribution in [-0.2, 0) is 4.79 Å². The van der Waals surface area contributed by atoms with E-state index in [1.807, 2.05) is 42.1 Å². The first-order valence-corrected chi connectivity index (χ1v) is 7.42. The fourth-order valence-electron chi connectivity index (χ4n) is 2.76. The predicted molar refractivity (Wildman–Crippen MR) is 81.4 cm³/mol. The third kappa shape index (κ3) is 3.01. The summed E-state index contributed by atoms with van der Waals surface area (Å²) in [4.78, 5) is 28.1. The van der Waals surface area contributed by atoms with Crippen molar-refractivity contribution in [3.63, 3.8) is 0 Å². The molecule has 0 spiro atoms. The van der Waals surface area contributed by atoms with Gasteiger partial charge in [-0.2, -0.15) is 0 Å². The minimum absolute atomic E-state index is 0.0615. The van der Waals surface area contributed by atoms with Gasteiger partial charge in [0.15, 0.2) is 0 Å². The maximum Gasteiger partial charge on any atom is 0.251 e. The van der Waals surface area contributed by atoms with E-state index in [0.717, 1.165) is 18.5 Å². The molecule has 0 aromatic heterocycles. The molecular formula is C16H21N3O2. The van der Waals surface area contributed by atoms with Crippen LogP contribution in [0.4, 0.5) is 5.69 Å². The fraction of sp³-hybridized carbons (Fsp3) is 0.500. The molecule has 2 amide bonds. The summed E-state index contributed by atoms with van der Waals surface area (Å²) in [6, 6.07) is 7.87. The number of carbonyl (C=O) groups excluding carboxylic acids is 2. The molecule has 2 fully saturated rings. The van der Waals surface area contributed by atoms with Crippen LogP contribution in [0.25, 0.3) is 0 Å². The van der Waals surface area contributed by atoms with E-state index < -0.39 is 0 Å². The molecule has 112 valence electrons. The Morgan fingerprint density at radius 1 is 1.33 bits per heavy atom. The van der Waals surface area contributed by atoms with E-state index in [1.165, 1.54) is 0 Å². The molecule has 21 heavy (non-hydrogen) atoms. The molecule has 1 saturated carbocycles. The minimum Gasteiger partial charge on any atom is -0.378 e.